The van der Waals surface area contributed by atoms with E-state index in [9.17, 15) is 5.11 Å². The molecule has 0 aliphatic carbocycles. The molecule has 0 aliphatic heterocycles. The maximum atomic E-state index is 10.3. The molecule has 1 aromatic carbocycles. The van der Waals surface area contributed by atoms with Gasteiger partial charge in [-0.2, -0.15) is 0 Å². The molecule has 0 radical (unpaired) electrons. The van der Waals surface area contributed by atoms with Crippen molar-refractivity contribution < 1.29 is 9.53 Å². The van der Waals surface area contributed by atoms with Crippen molar-refractivity contribution >= 4 is 8.32 Å². The predicted molar refractivity (Wildman–Crippen MR) is 92.9 cm³/mol. The number of rotatable bonds is 6. The Kier molecular flexibility index (Phi) is 5.97. The summed E-state index contributed by atoms with van der Waals surface area (Å²) in [6.45, 7) is 17.3. The fourth-order valence-electron chi connectivity index (χ4n) is 1.91. The van der Waals surface area contributed by atoms with Gasteiger partial charge in [0, 0.05) is 6.42 Å². The van der Waals surface area contributed by atoms with Gasteiger partial charge in [0.05, 0.1) is 12.2 Å². The molecule has 1 aromatic rings. The Labute approximate surface area is 131 Å². The Bertz CT molecular complexity index is 460. The van der Waals surface area contributed by atoms with Gasteiger partial charge in [-0.25, -0.2) is 0 Å². The van der Waals surface area contributed by atoms with Crippen molar-refractivity contribution in [1.82, 2.24) is 0 Å². The molecule has 0 aliphatic rings. The van der Waals surface area contributed by atoms with E-state index in [1.165, 1.54) is 0 Å². The second kappa shape index (κ2) is 6.90. The molecule has 3 heteroatoms. The Morgan fingerprint density at radius 2 is 1.76 bits per heavy atom. The molecular weight excluding hydrogens is 276 g/mol. The molecule has 118 valence electrons. The summed E-state index contributed by atoms with van der Waals surface area (Å²) in [5, 5.41) is 10.5. The molecule has 0 unspecified atom stereocenters. The maximum absolute atomic E-state index is 10.3. The first-order valence-corrected chi connectivity index (χ1v) is 10.5. The number of hydrogen-bond acceptors (Lipinski definition) is 2. The van der Waals surface area contributed by atoms with Crippen molar-refractivity contribution in [3.63, 3.8) is 0 Å². The number of hydrogen-bond donors (Lipinski definition) is 1. The largest absolute Gasteiger partial charge is 0.411 e. The van der Waals surface area contributed by atoms with Gasteiger partial charge < -0.3 is 9.53 Å². The standard InChI is InChI=1S/C18H30O2Si/c1-14(13-17(19)16-11-9-8-10-12-16)15(2)20-21(6,7)18(3,4)5/h8-12,15,17,19H,1,13H2,2-7H3/t15-,17+/m1/s1. The summed E-state index contributed by atoms with van der Waals surface area (Å²) >= 11 is 0. The summed E-state index contributed by atoms with van der Waals surface area (Å²) < 4.78 is 6.33. The van der Waals surface area contributed by atoms with Gasteiger partial charge >= 0.3 is 0 Å². The summed E-state index contributed by atoms with van der Waals surface area (Å²) in [7, 11) is -1.80. The van der Waals surface area contributed by atoms with Gasteiger partial charge in [0.2, 0.25) is 0 Å². The fraction of sp³-hybridized carbons (Fsp3) is 0.556. The minimum Gasteiger partial charge on any atom is -0.411 e. The topological polar surface area (TPSA) is 29.5 Å². The van der Waals surface area contributed by atoms with Crippen LogP contribution in [0.15, 0.2) is 42.5 Å². The highest BCUT2D eigenvalue weighted by Crippen LogP contribution is 2.38. The summed E-state index contributed by atoms with van der Waals surface area (Å²) in [6, 6.07) is 9.72. The monoisotopic (exact) mass is 306 g/mol. The molecule has 0 bridgehead atoms. The first kappa shape index (κ1) is 18.1. The lowest BCUT2D eigenvalue weighted by molar-refractivity contribution is 0.161. The van der Waals surface area contributed by atoms with E-state index in [1.54, 1.807) is 0 Å². The van der Waals surface area contributed by atoms with Crippen molar-refractivity contribution in [2.45, 2.75) is 64.5 Å². The van der Waals surface area contributed by atoms with E-state index in [2.05, 4.69) is 40.4 Å². The molecule has 0 spiro atoms. The van der Waals surface area contributed by atoms with Crippen LogP contribution in [0.2, 0.25) is 18.1 Å². The third kappa shape index (κ3) is 5.10. The van der Waals surface area contributed by atoms with E-state index in [1.807, 2.05) is 37.3 Å². The average molecular weight is 307 g/mol. The number of aliphatic hydroxyl groups excluding tert-OH is 1. The van der Waals surface area contributed by atoms with E-state index < -0.39 is 14.4 Å². The molecule has 2 atom stereocenters. The SMILES string of the molecule is C=C(C[C@H](O)c1ccccc1)[C@@H](C)O[Si](C)(C)C(C)(C)C. The van der Waals surface area contributed by atoms with Crippen LogP contribution in [0.3, 0.4) is 0 Å². The minimum atomic E-state index is -1.80. The van der Waals surface area contributed by atoms with Crippen LogP contribution >= 0.6 is 0 Å². The second-order valence-electron chi connectivity index (χ2n) is 7.31. The third-order valence-electron chi connectivity index (χ3n) is 4.49. The van der Waals surface area contributed by atoms with Crippen molar-refractivity contribution in [3.8, 4) is 0 Å². The van der Waals surface area contributed by atoms with Crippen LogP contribution in [0, 0.1) is 0 Å². The summed E-state index contributed by atoms with van der Waals surface area (Å²) in [6.07, 6.45) is 0.00760. The summed E-state index contributed by atoms with van der Waals surface area (Å²) in [4.78, 5) is 0. The molecule has 21 heavy (non-hydrogen) atoms. The van der Waals surface area contributed by atoms with Crippen molar-refractivity contribution in [1.29, 1.82) is 0 Å². The smallest absolute Gasteiger partial charge is 0.192 e. The van der Waals surface area contributed by atoms with Crippen LogP contribution in [0.5, 0.6) is 0 Å². The predicted octanol–water partition coefficient (Wildman–Crippen LogP) is 5.08. The summed E-state index contributed by atoms with van der Waals surface area (Å²) in [5.74, 6) is 0. The highest BCUT2D eigenvalue weighted by molar-refractivity contribution is 6.74. The van der Waals surface area contributed by atoms with E-state index in [-0.39, 0.29) is 11.1 Å². The van der Waals surface area contributed by atoms with Crippen molar-refractivity contribution in [2.75, 3.05) is 0 Å². The number of aliphatic hydroxyl groups is 1. The average Bonchev–Trinajstić information content (AvgIpc) is 2.37. The van der Waals surface area contributed by atoms with Gasteiger partial charge in [-0.15, -0.1) is 0 Å². The lowest BCUT2D eigenvalue weighted by Gasteiger charge is -2.39. The van der Waals surface area contributed by atoms with Crippen LogP contribution in [0.1, 0.15) is 45.8 Å². The Hall–Kier alpha value is -0.903. The Morgan fingerprint density at radius 1 is 1.24 bits per heavy atom. The molecule has 0 aromatic heterocycles. The first-order chi connectivity index (χ1) is 9.54. The molecule has 0 saturated heterocycles. The van der Waals surface area contributed by atoms with Crippen molar-refractivity contribution in [2.24, 2.45) is 0 Å². The van der Waals surface area contributed by atoms with Crippen molar-refractivity contribution in [3.05, 3.63) is 48.0 Å². The summed E-state index contributed by atoms with van der Waals surface area (Å²) in [5.41, 5.74) is 1.88. The minimum absolute atomic E-state index is 0.0238. The molecule has 1 rings (SSSR count). The van der Waals surface area contributed by atoms with E-state index in [4.69, 9.17) is 4.43 Å². The maximum Gasteiger partial charge on any atom is 0.192 e. The molecule has 0 heterocycles. The van der Waals surface area contributed by atoms with Gasteiger partial charge in [-0.3, -0.25) is 0 Å². The number of benzene rings is 1. The Balaban J connectivity index is 2.64. The highest BCUT2D eigenvalue weighted by Gasteiger charge is 2.38. The molecule has 0 saturated carbocycles. The van der Waals surface area contributed by atoms with Crippen LogP contribution in [-0.4, -0.2) is 19.5 Å². The van der Waals surface area contributed by atoms with Crippen LogP contribution in [0.25, 0.3) is 0 Å². The zero-order valence-corrected chi connectivity index (χ0v) is 15.3. The fourth-order valence-corrected chi connectivity index (χ4v) is 3.31. The van der Waals surface area contributed by atoms with Gasteiger partial charge in [0.1, 0.15) is 0 Å². The first-order valence-electron chi connectivity index (χ1n) is 7.63. The third-order valence-corrected chi connectivity index (χ3v) is 9.05. The van der Waals surface area contributed by atoms with Crippen LogP contribution in [-0.2, 0) is 4.43 Å². The molecule has 1 N–H and O–H groups in total. The van der Waals surface area contributed by atoms with E-state index in [0.29, 0.717) is 6.42 Å². The lowest BCUT2D eigenvalue weighted by atomic mass is 10.00. The molecule has 2 nitrogen and oxygen atoms in total. The van der Waals surface area contributed by atoms with E-state index in [0.717, 1.165) is 11.1 Å². The van der Waals surface area contributed by atoms with Gasteiger partial charge in [0.25, 0.3) is 0 Å². The van der Waals surface area contributed by atoms with Gasteiger partial charge in [-0.1, -0.05) is 57.7 Å². The van der Waals surface area contributed by atoms with E-state index >= 15 is 0 Å². The molecule has 0 fully saturated rings. The zero-order valence-electron chi connectivity index (χ0n) is 14.3. The Morgan fingerprint density at radius 3 is 2.24 bits per heavy atom. The van der Waals surface area contributed by atoms with Crippen LogP contribution < -0.4 is 0 Å². The zero-order chi connectivity index (χ0) is 16.3. The normalized spacial score (nSPS) is 15.6. The van der Waals surface area contributed by atoms with Gasteiger partial charge in [-0.05, 0) is 36.2 Å². The second-order valence-corrected chi connectivity index (χ2v) is 12.1. The molecule has 0 amide bonds. The quantitative estimate of drug-likeness (QED) is 0.587. The lowest BCUT2D eigenvalue weighted by Crippen LogP contribution is -2.43. The van der Waals surface area contributed by atoms with Crippen LogP contribution in [0.4, 0.5) is 0 Å². The van der Waals surface area contributed by atoms with Gasteiger partial charge in [0.15, 0.2) is 8.32 Å². The highest BCUT2D eigenvalue weighted by atomic mass is 28.4. The molecular formula is C18H30O2Si.